The summed E-state index contributed by atoms with van der Waals surface area (Å²) >= 11 is 0. The maximum atomic E-state index is 11.1. The second-order valence-corrected chi connectivity index (χ2v) is 2.94. The molecular weight excluding hydrogens is 170 g/mol. The van der Waals surface area contributed by atoms with Crippen LogP contribution in [-0.2, 0) is 11.2 Å². The maximum Gasteiger partial charge on any atom is 0.356 e. The first-order valence-corrected chi connectivity index (χ1v) is 4.01. The average Bonchev–Trinajstić information content (AvgIpc) is 2.50. The van der Waals surface area contributed by atoms with E-state index in [1.807, 2.05) is 6.92 Å². The number of nitrogens with one attached hydrogen (secondary N) is 1. The van der Waals surface area contributed by atoms with Gasteiger partial charge in [0.25, 0.3) is 0 Å². The number of rotatable bonds is 3. The second kappa shape index (κ2) is 4.04. The molecule has 72 valence electrons. The van der Waals surface area contributed by atoms with Crippen molar-refractivity contribution >= 4 is 5.97 Å². The van der Waals surface area contributed by atoms with Crippen molar-refractivity contribution in [3.05, 3.63) is 17.5 Å². The third-order valence-corrected chi connectivity index (χ3v) is 1.65. The maximum absolute atomic E-state index is 11.1. The van der Waals surface area contributed by atoms with Gasteiger partial charge in [0.05, 0.1) is 13.3 Å². The van der Waals surface area contributed by atoms with Crippen molar-refractivity contribution in [2.45, 2.75) is 19.4 Å². The van der Waals surface area contributed by atoms with E-state index in [1.54, 1.807) is 6.20 Å². The fraction of sp³-hybridized carbons (Fsp3) is 0.500. The SMILES string of the molecule is COC(=O)c1[nH]ncc1CC(C)N. The number of H-pyrrole nitrogens is 1. The van der Waals surface area contributed by atoms with E-state index in [9.17, 15) is 4.79 Å². The predicted molar refractivity (Wildman–Crippen MR) is 47.3 cm³/mol. The number of methoxy groups -OCH3 is 1. The van der Waals surface area contributed by atoms with Gasteiger partial charge in [-0.05, 0) is 13.3 Å². The Hall–Kier alpha value is -1.36. The van der Waals surface area contributed by atoms with Gasteiger partial charge in [-0.1, -0.05) is 0 Å². The van der Waals surface area contributed by atoms with Crippen LogP contribution in [-0.4, -0.2) is 29.3 Å². The van der Waals surface area contributed by atoms with Crippen molar-refractivity contribution < 1.29 is 9.53 Å². The molecule has 0 aliphatic heterocycles. The molecule has 0 saturated heterocycles. The predicted octanol–water partition coefficient (Wildman–Crippen LogP) is 0.0860. The molecule has 1 aromatic heterocycles. The topological polar surface area (TPSA) is 81.0 Å². The van der Waals surface area contributed by atoms with Crippen LogP contribution in [0.2, 0.25) is 0 Å². The molecule has 1 heterocycles. The van der Waals surface area contributed by atoms with Gasteiger partial charge >= 0.3 is 5.97 Å². The highest BCUT2D eigenvalue weighted by atomic mass is 16.5. The first-order valence-electron chi connectivity index (χ1n) is 4.01. The number of aromatic amines is 1. The molecular formula is C8H13N3O2. The quantitative estimate of drug-likeness (QED) is 0.650. The number of nitrogens with two attached hydrogens (primary N) is 1. The summed E-state index contributed by atoms with van der Waals surface area (Å²) in [5.74, 6) is -0.409. The molecule has 0 radical (unpaired) electrons. The number of nitrogens with zero attached hydrogens (tertiary/aromatic N) is 1. The Kier molecular flexibility index (Phi) is 3.02. The Labute approximate surface area is 76.3 Å². The number of carbonyl (C=O) groups is 1. The van der Waals surface area contributed by atoms with Crippen molar-refractivity contribution in [3.63, 3.8) is 0 Å². The molecule has 0 spiro atoms. The molecule has 0 bridgehead atoms. The first-order chi connectivity index (χ1) is 6.15. The highest BCUT2D eigenvalue weighted by Gasteiger charge is 2.14. The molecule has 0 aromatic carbocycles. The molecule has 1 aromatic rings. The highest BCUT2D eigenvalue weighted by molar-refractivity contribution is 5.88. The summed E-state index contributed by atoms with van der Waals surface area (Å²) in [4.78, 5) is 11.1. The minimum Gasteiger partial charge on any atom is -0.464 e. The molecule has 0 saturated carbocycles. The molecule has 0 aliphatic rings. The zero-order valence-corrected chi connectivity index (χ0v) is 7.70. The Morgan fingerprint density at radius 2 is 2.54 bits per heavy atom. The third-order valence-electron chi connectivity index (χ3n) is 1.65. The molecule has 3 N–H and O–H groups in total. The lowest BCUT2D eigenvalue weighted by atomic mass is 10.1. The number of hydrogen-bond acceptors (Lipinski definition) is 4. The van der Waals surface area contributed by atoms with Gasteiger partial charge in [-0.3, -0.25) is 5.10 Å². The van der Waals surface area contributed by atoms with Crippen LogP contribution in [0.4, 0.5) is 0 Å². The minimum atomic E-state index is -0.409. The zero-order chi connectivity index (χ0) is 9.84. The van der Waals surface area contributed by atoms with Gasteiger partial charge < -0.3 is 10.5 Å². The Morgan fingerprint density at radius 3 is 3.08 bits per heavy atom. The van der Waals surface area contributed by atoms with E-state index in [-0.39, 0.29) is 6.04 Å². The number of hydrogen-bond donors (Lipinski definition) is 2. The van der Waals surface area contributed by atoms with Crippen LogP contribution in [0.5, 0.6) is 0 Å². The van der Waals surface area contributed by atoms with Crippen LogP contribution in [0, 0.1) is 0 Å². The van der Waals surface area contributed by atoms with E-state index in [0.717, 1.165) is 5.56 Å². The molecule has 1 atom stereocenters. The summed E-state index contributed by atoms with van der Waals surface area (Å²) in [7, 11) is 1.33. The van der Waals surface area contributed by atoms with Crippen molar-refractivity contribution in [1.29, 1.82) is 0 Å². The van der Waals surface area contributed by atoms with E-state index in [0.29, 0.717) is 12.1 Å². The summed E-state index contributed by atoms with van der Waals surface area (Å²) in [5.41, 5.74) is 6.78. The van der Waals surface area contributed by atoms with Crippen molar-refractivity contribution in [2.75, 3.05) is 7.11 Å². The van der Waals surface area contributed by atoms with E-state index in [4.69, 9.17) is 5.73 Å². The lowest BCUT2D eigenvalue weighted by Crippen LogP contribution is -2.19. The largest absolute Gasteiger partial charge is 0.464 e. The lowest BCUT2D eigenvalue weighted by molar-refractivity contribution is 0.0592. The summed E-state index contributed by atoms with van der Waals surface area (Å²) in [5, 5.41) is 6.34. The monoisotopic (exact) mass is 183 g/mol. The van der Waals surface area contributed by atoms with E-state index >= 15 is 0 Å². The molecule has 13 heavy (non-hydrogen) atoms. The molecule has 5 nitrogen and oxygen atoms in total. The van der Waals surface area contributed by atoms with Gasteiger partial charge in [-0.15, -0.1) is 0 Å². The van der Waals surface area contributed by atoms with Gasteiger partial charge in [-0.2, -0.15) is 5.10 Å². The fourth-order valence-electron chi connectivity index (χ4n) is 1.09. The smallest absolute Gasteiger partial charge is 0.356 e. The average molecular weight is 183 g/mol. The molecule has 5 heteroatoms. The number of ether oxygens (including phenoxy) is 1. The molecule has 1 unspecified atom stereocenters. The highest BCUT2D eigenvalue weighted by Crippen LogP contribution is 2.07. The number of carbonyl (C=O) groups excluding carboxylic acids is 1. The van der Waals surface area contributed by atoms with Crippen LogP contribution >= 0.6 is 0 Å². The van der Waals surface area contributed by atoms with Gasteiger partial charge in [0, 0.05) is 11.6 Å². The normalized spacial score (nSPS) is 12.5. The summed E-state index contributed by atoms with van der Waals surface area (Å²) in [6.07, 6.45) is 2.20. The van der Waals surface area contributed by atoms with Gasteiger partial charge in [0.1, 0.15) is 5.69 Å². The van der Waals surface area contributed by atoms with Crippen LogP contribution in [0.3, 0.4) is 0 Å². The van der Waals surface area contributed by atoms with Crippen LogP contribution in [0.1, 0.15) is 23.0 Å². The van der Waals surface area contributed by atoms with Crippen LogP contribution in [0.25, 0.3) is 0 Å². The summed E-state index contributed by atoms with van der Waals surface area (Å²) in [6, 6.07) is 0.000932. The molecule has 0 amide bonds. The molecule has 0 aliphatic carbocycles. The van der Waals surface area contributed by atoms with E-state index in [1.165, 1.54) is 7.11 Å². The molecule has 0 fully saturated rings. The van der Waals surface area contributed by atoms with E-state index < -0.39 is 5.97 Å². The van der Waals surface area contributed by atoms with Gasteiger partial charge in [-0.25, -0.2) is 4.79 Å². The van der Waals surface area contributed by atoms with Gasteiger partial charge in [0.15, 0.2) is 0 Å². The third kappa shape index (κ3) is 2.29. The minimum absolute atomic E-state index is 0.000932. The van der Waals surface area contributed by atoms with Crippen molar-refractivity contribution in [2.24, 2.45) is 5.73 Å². The Balaban J connectivity index is 2.83. The summed E-state index contributed by atoms with van der Waals surface area (Å²) in [6.45, 7) is 1.87. The van der Waals surface area contributed by atoms with Crippen molar-refractivity contribution in [3.8, 4) is 0 Å². The fourth-order valence-corrected chi connectivity index (χ4v) is 1.09. The van der Waals surface area contributed by atoms with E-state index in [2.05, 4.69) is 14.9 Å². The second-order valence-electron chi connectivity index (χ2n) is 2.94. The summed E-state index contributed by atoms with van der Waals surface area (Å²) < 4.78 is 4.57. The number of aromatic nitrogens is 2. The van der Waals surface area contributed by atoms with Crippen molar-refractivity contribution in [1.82, 2.24) is 10.2 Å². The van der Waals surface area contributed by atoms with Gasteiger partial charge in [0.2, 0.25) is 0 Å². The Bertz CT molecular complexity index is 293. The first kappa shape index (κ1) is 9.73. The Morgan fingerprint density at radius 1 is 1.85 bits per heavy atom. The lowest BCUT2D eigenvalue weighted by Gasteiger charge is -2.03. The molecule has 1 rings (SSSR count). The zero-order valence-electron chi connectivity index (χ0n) is 7.70. The number of esters is 1. The van der Waals surface area contributed by atoms with Crippen LogP contribution < -0.4 is 5.73 Å². The standard InChI is InChI=1S/C8H13N3O2/c1-5(9)3-6-4-10-11-7(6)8(12)13-2/h4-5H,3,9H2,1-2H3,(H,10,11). The van der Waals surface area contributed by atoms with Crippen LogP contribution in [0.15, 0.2) is 6.20 Å².